The van der Waals surface area contributed by atoms with E-state index in [2.05, 4.69) is 35.9 Å². The lowest BCUT2D eigenvalue weighted by molar-refractivity contribution is 0.589. The van der Waals surface area contributed by atoms with Gasteiger partial charge in [-0.15, -0.1) is 0 Å². The SMILES string of the molecule is CS(=O)(=O)NCCNc1nc(N)cc(Br)n1. The van der Waals surface area contributed by atoms with Crippen LogP contribution in [-0.2, 0) is 10.0 Å². The van der Waals surface area contributed by atoms with Gasteiger partial charge in [0.1, 0.15) is 10.4 Å². The Labute approximate surface area is 102 Å². The molecule has 0 bridgehead atoms. The van der Waals surface area contributed by atoms with Crippen molar-refractivity contribution in [3.8, 4) is 0 Å². The number of nitrogens with zero attached hydrogens (tertiary/aromatic N) is 2. The van der Waals surface area contributed by atoms with Crippen molar-refractivity contribution in [2.75, 3.05) is 30.4 Å². The third kappa shape index (κ3) is 5.24. The topological polar surface area (TPSA) is 110 Å². The van der Waals surface area contributed by atoms with Crippen molar-refractivity contribution in [2.45, 2.75) is 0 Å². The van der Waals surface area contributed by atoms with Gasteiger partial charge in [-0.2, -0.15) is 4.98 Å². The lowest BCUT2D eigenvalue weighted by Gasteiger charge is -2.06. The summed E-state index contributed by atoms with van der Waals surface area (Å²) < 4.78 is 24.4. The molecule has 1 aromatic heterocycles. The molecular weight excluding hydrogens is 298 g/mol. The van der Waals surface area contributed by atoms with Crippen molar-refractivity contribution >= 4 is 37.7 Å². The number of rotatable bonds is 5. The van der Waals surface area contributed by atoms with Crippen molar-refractivity contribution in [1.82, 2.24) is 14.7 Å². The number of hydrogen-bond donors (Lipinski definition) is 3. The van der Waals surface area contributed by atoms with E-state index in [4.69, 9.17) is 5.73 Å². The van der Waals surface area contributed by atoms with E-state index in [1.54, 1.807) is 6.07 Å². The molecule has 0 atom stereocenters. The van der Waals surface area contributed by atoms with Crippen molar-refractivity contribution in [3.63, 3.8) is 0 Å². The first-order valence-electron chi connectivity index (χ1n) is 4.35. The zero-order valence-electron chi connectivity index (χ0n) is 8.57. The van der Waals surface area contributed by atoms with Gasteiger partial charge >= 0.3 is 0 Å². The fraction of sp³-hybridized carbons (Fsp3) is 0.429. The first kappa shape index (κ1) is 13.1. The molecule has 0 aliphatic carbocycles. The number of aromatic nitrogens is 2. The van der Waals surface area contributed by atoms with Crippen LogP contribution in [0.5, 0.6) is 0 Å². The molecule has 0 spiro atoms. The summed E-state index contributed by atoms with van der Waals surface area (Å²) in [4.78, 5) is 7.92. The van der Waals surface area contributed by atoms with Crippen LogP contribution in [0.1, 0.15) is 0 Å². The van der Waals surface area contributed by atoms with Crippen LogP contribution in [0.15, 0.2) is 10.7 Å². The number of anilines is 2. The number of nitrogen functional groups attached to an aromatic ring is 1. The number of nitrogens with two attached hydrogens (primary N) is 1. The minimum Gasteiger partial charge on any atom is -0.383 e. The molecule has 1 heterocycles. The molecule has 0 aromatic carbocycles. The summed E-state index contributed by atoms with van der Waals surface area (Å²) >= 11 is 3.17. The smallest absolute Gasteiger partial charge is 0.225 e. The summed E-state index contributed by atoms with van der Waals surface area (Å²) in [6.07, 6.45) is 1.10. The van der Waals surface area contributed by atoms with E-state index in [1.807, 2.05) is 0 Å². The van der Waals surface area contributed by atoms with Gasteiger partial charge in [-0.05, 0) is 15.9 Å². The van der Waals surface area contributed by atoms with E-state index in [0.29, 0.717) is 22.9 Å². The second-order valence-electron chi connectivity index (χ2n) is 3.03. The van der Waals surface area contributed by atoms with Crippen LogP contribution in [0.4, 0.5) is 11.8 Å². The first-order valence-corrected chi connectivity index (χ1v) is 7.04. The molecule has 0 aliphatic rings. The van der Waals surface area contributed by atoms with Gasteiger partial charge in [-0.25, -0.2) is 18.1 Å². The summed E-state index contributed by atoms with van der Waals surface area (Å²) in [5, 5.41) is 2.84. The molecule has 1 rings (SSSR count). The third-order valence-corrected chi connectivity index (χ3v) is 2.62. The summed E-state index contributed by atoms with van der Waals surface area (Å²) in [6.45, 7) is 0.636. The highest BCUT2D eigenvalue weighted by molar-refractivity contribution is 9.10. The van der Waals surface area contributed by atoms with Crippen LogP contribution in [0.2, 0.25) is 0 Å². The van der Waals surface area contributed by atoms with Crippen LogP contribution in [0.3, 0.4) is 0 Å². The minimum atomic E-state index is -3.16. The highest BCUT2D eigenvalue weighted by Gasteiger charge is 2.01. The van der Waals surface area contributed by atoms with Crippen LogP contribution in [0, 0.1) is 0 Å². The maximum Gasteiger partial charge on any atom is 0.225 e. The second kappa shape index (κ2) is 5.41. The molecule has 16 heavy (non-hydrogen) atoms. The Morgan fingerprint density at radius 1 is 1.44 bits per heavy atom. The quantitative estimate of drug-likeness (QED) is 0.512. The number of hydrogen-bond acceptors (Lipinski definition) is 6. The molecule has 0 saturated heterocycles. The van der Waals surface area contributed by atoms with Crippen molar-refractivity contribution in [3.05, 3.63) is 10.7 Å². The monoisotopic (exact) mass is 309 g/mol. The first-order chi connectivity index (χ1) is 7.37. The summed E-state index contributed by atoms with van der Waals surface area (Å²) in [7, 11) is -3.16. The molecule has 0 unspecified atom stereocenters. The summed E-state index contributed by atoms with van der Waals surface area (Å²) in [5.41, 5.74) is 5.50. The highest BCUT2D eigenvalue weighted by Crippen LogP contribution is 2.11. The predicted molar refractivity (Wildman–Crippen MR) is 65.5 cm³/mol. The molecular formula is C7H12BrN5O2S. The number of nitrogens with one attached hydrogen (secondary N) is 2. The average Bonchev–Trinajstić information content (AvgIpc) is 2.09. The van der Waals surface area contributed by atoms with E-state index >= 15 is 0 Å². The van der Waals surface area contributed by atoms with Crippen LogP contribution in [-0.4, -0.2) is 37.7 Å². The normalized spacial score (nSPS) is 11.4. The van der Waals surface area contributed by atoms with Crippen LogP contribution < -0.4 is 15.8 Å². The Morgan fingerprint density at radius 2 is 2.12 bits per heavy atom. The Balaban J connectivity index is 2.43. The third-order valence-electron chi connectivity index (χ3n) is 1.49. The lowest BCUT2D eigenvalue weighted by atomic mass is 10.6. The van der Waals surface area contributed by atoms with Gasteiger partial charge in [0.2, 0.25) is 16.0 Å². The van der Waals surface area contributed by atoms with Gasteiger partial charge < -0.3 is 11.1 Å². The van der Waals surface area contributed by atoms with Gasteiger partial charge in [-0.1, -0.05) is 0 Å². The minimum absolute atomic E-state index is 0.259. The standard InChI is InChI=1S/C7H12BrN5O2S/c1-16(14,15)11-3-2-10-7-12-5(8)4-6(9)13-7/h4,11H,2-3H2,1H3,(H3,9,10,12,13). The van der Waals surface area contributed by atoms with Crippen molar-refractivity contribution < 1.29 is 8.42 Å². The zero-order chi connectivity index (χ0) is 12.2. The Morgan fingerprint density at radius 3 is 2.69 bits per heavy atom. The Kier molecular flexibility index (Phi) is 4.44. The predicted octanol–water partition coefficient (Wildman–Crippen LogP) is -0.218. The lowest BCUT2D eigenvalue weighted by Crippen LogP contribution is -2.28. The molecule has 1 aromatic rings. The van der Waals surface area contributed by atoms with E-state index in [9.17, 15) is 8.42 Å². The molecule has 0 radical (unpaired) electrons. The summed E-state index contributed by atoms with van der Waals surface area (Å²) in [5.74, 6) is 0.683. The fourth-order valence-electron chi connectivity index (χ4n) is 0.925. The largest absolute Gasteiger partial charge is 0.383 e. The maximum atomic E-state index is 10.8. The average molecular weight is 310 g/mol. The molecule has 4 N–H and O–H groups in total. The second-order valence-corrected chi connectivity index (χ2v) is 5.68. The van der Waals surface area contributed by atoms with E-state index in [0.717, 1.165) is 6.26 Å². The van der Waals surface area contributed by atoms with Gasteiger partial charge in [0, 0.05) is 19.2 Å². The molecule has 9 heteroatoms. The zero-order valence-corrected chi connectivity index (χ0v) is 11.0. The van der Waals surface area contributed by atoms with Crippen molar-refractivity contribution in [1.29, 1.82) is 0 Å². The molecule has 0 saturated carbocycles. The molecule has 0 fully saturated rings. The maximum absolute atomic E-state index is 10.8. The van der Waals surface area contributed by atoms with Crippen LogP contribution >= 0.6 is 15.9 Å². The fourth-order valence-corrected chi connectivity index (χ4v) is 1.80. The molecule has 0 amide bonds. The highest BCUT2D eigenvalue weighted by atomic mass is 79.9. The Bertz CT molecular complexity index is 444. The van der Waals surface area contributed by atoms with E-state index in [-0.39, 0.29) is 6.54 Å². The van der Waals surface area contributed by atoms with E-state index < -0.39 is 10.0 Å². The van der Waals surface area contributed by atoms with Gasteiger partial charge in [0.05, 0.1) is 6.26 Å². The summed E-state index contributed by atoms with van der Waals surface area (Å²) in [6, 6.07) is 1.57. The number of sulfonamides is 1. The Hall–Kier alpha value is -0.930. The van der Waals surface area contributed by atoms with Gasteiger partial charge in [0.15, 0.2) is 0 Å². The van der Waals surface area contributed by atoms with E-state index in [1.165, 1.54) is 0 Å². The molecule has 90 valence electrons. The van der Waals surface area contributed by atoms with Gasteiger partial charge in [-0.3, -0.25) is 0 Å². The number of halogens is 1. The van der Waals surface area contributed by atoms with Crippen LogP contribution in [0.25, 0.3) is 0 Å². The van der Waals surface area contributed by atoms with Gasteiger partial charge in [0.25, 0.3) is 0 Å². The van der Waals surface area contributed by atoms with Crippen molar-refractivity contribution in [2.24, 2.45) is 0 Å². The molecule has 7 nitrogen and oxygen atoms in total. The molecule has 0 aliphatic heterocycles.